The second-order valence-corrected chi connectivity index (χ2v) is 5.74. The molecule has 3 nitrogen and oxygen atoms in total. The molecule has 1 aliphatic carbocycles. The highest BCUT2D eigenvalue weighted by atomic mass is 79.9. The van der Waals surface area contributed by atoms with E-state index in [2.05, 4.69) is 21.2 Å². The molecular formula is C15H16BrNO2. The van der Waals surface area contributed by atoms with E-state index in [1.807, 2.05) is 30.3 Å². The summed E-state index contributed by atoms with van der Waals surface area (Å²) in [5.41, 5.74) is 1.18. The molecule has 0 unspecified atom stereocenters. The van der Waals surface area contributed by atoms with Gasteiger partial charge in [-0.15, -0.1) is 0 Å². The summed E-state index contributed by atoms with van der Waals surface area (Å²) in [7, 11) is 0. The maximum atomic E-state index is 5.68. The van der Waals surface area contributed by atoms with Crippen LogP contribution in [0.4, 0.5) is 0 Å². The van der Waals surface area contributed by atoms with Gasteiger partial charge in [-0.05, 0) is 37.1 Å². The fourth-order valence-corrected chi connectivity index (χ4v) is 2.23. The molecule has 0 spiro atoms. The first-order chi connectivity index (χ1) is 9.29. The predicted molar refractivity (Wildman–Crippen MR) is 77.0 cm³/mol. The topological polar surface area (TPSA) is 34.4 Å². The maximum Gasteiger partial charge on any atom is 0.146 e. The van der Waals surface area contributed by atoms with Crippen LogP contribution in [0.25, 0.3) is 0 Å². The number of nitrogens with one attached hydrogen (secondary N) is 1. The molecule has 3 rings (SSSR count). The summed E-state index contributed by atoms with van der Waals surface area (Å²) in [6.45, 7) is 1.34. The molecule has 4 heteroatoms. The molecule has 1 heterocycles. The summed E-state index contributed by atoms with van der Waals surface area (Å²) in [4.78, 5) is 0. The third kappa shape index (κ3) is 3.85. The van der Waals surface area contributed by atoms with Gasteiger partial charge in [-0.25, -0.2) is 0 Å². The van der Waals surface area contributed by atoms with Crippen molar-refractivity contribution >= 4 is 15.9 Å². The van der Waals surface area contributed by atoms with Crippen LogP contribution in [-0.2, 0) is 13.2 Å². The first-order valence-corrected chi connectivity index (χ1v) is 7.27. The minimum atomic E-state index is 0.458. The third-order valence-electron chi connectivity index (χ3n) is 3.06. The van der Waals surface area contributed by atoms with Crippen LogP contribution in [0, 0.1) is 0 Å². The third-order valence-corrected chi connectivity index (χ3v) is 3.55. The van der Waals surface area contributed by atoms with E-state index in [1.165, 1.54) is 18.4 Å². The Labute approximate surface area is 121 Å². The molecule has 0 saturated heterocycles. The van der Waals surface area contributed by atoms with Crippen molar-refractivity contribution < 1.29 is 9.15 Å². The molecule has 0 radical (unpaired) electrons. The number of hydrogen-bond acceptors (Lipinski definition) is 3. The Kier molecular flexibility index (Phi) is 3.89. The molecule has 0 aliphatic heterocycles. The fourth-order valence-electron chi connectivity index (χ4n) is 1.86. The molecule has 1 fully saturated rings. The Morgan fingerprint density at radius 1 is 1.32 bits per heavy atom. The summed E-state index contributed by atoms with van der Waals surface area (Å²) in [6.07, 6.45) is 4.41. The minimum Gasteiger partial charge on any atom is -0.486 e. The normalized spacial score (nSPS) is 14.6. The quantitative estimate of drug-likeness (QED) is 0.877. The van der Waals surface area contributed by atoms with Gasteiger partial charge in [0, 0.05) is 22.6 Å². The maximum absolute atomic E-state index is 5.68. The molecule has 0 atom stereocenters. The van der Waals surface area contributed by atoms with Gasteiger partial charge in [-0.1, -0.05) is 22.0 Å². The Morgan fingerprint density at radius 2 is 2.21 bits per heavy atom. The summed E-state index contributed by atoms with van der Waals surface area (Å²) in [5.74, 6) is 1.69. The van der Waals surface area contributed by atoms with E-state index in [-0.39, 0.29) is 0 Å². The lowest BCUT2D eigenvalue weighted by Gasteiger charge is -2.03. The smallest absolute Gasteiger partial charge is 0.146 e. The van der Waals surface area contributed by atoms with Gasteiger partial charge in [-0.2, -0.15) is 0 Å². The van der Waals surface area contributed by atoms with E-state index >= 15 is 0 Å². The van der Waals surface area contributed by atoms with E-state index in [0.29, 0.717) is 6.61 Å². The molecule has 1 aromatic carbocycles. The zero-order valence-electron chi connectivity index (χ0n) is 10.6. The Bertz CT molecular complexity index is 549. The average Bonchev–Trinajstić information content (AvgIpc) is 3.13. The highest BCUT2D eigenvalue weighted by molar-refractivity contribution is 9.10. The van der Waals surface area contributed by atoms with Crippen molar-refractivity contribution in [2.75, 3.05) is 0 Å². The molecule has 1 aliphatic rings. The molecule has 2 aromatic rings. The van der Waals surface area contributed by atoms with Crippen molar-refractivity contribution in [1.82, 2.24) is 5.32 Å². The van der Waals surface area contributed by atoms with Crippen LogP contribution in [0.15, 0.2) is 45.5 Å². The van der Waals surface area contributed by atoms with Crippen molar-refractivity contribution in [3.05, 3.63) is 52.4 Å². The summed E-state index contributed by atoms with van der Waals surface area (Å²) in [5, 5.41) is 3.46. The highest BCUT2D eigenvalue weighted by Crippen LogP contribution is 2.21. The van der Waals surface area contributed by atoms with Crippen molar-refractivity contribution in [3.63, 3.8) is 0 Å². The molecular weight excluding hydrogens is 306 g/mol. The number of ether oxygens (including phenoxy) is 1. The second kappa shape index (κ2) is 5.80. The van der Waals surface area contributed by atoms with Crippen molar-refractivity contribution in [1.29, 1.82) is 0 Å². The summed E-state index contributed by atoms with van der Waals surface area (Å²) >= 11 is 3.42. The molecule has 100 valence electrons. The van der Waals surface area contributed by atoms with Gasteiger partial charge in [-0.3, -0.25) is 0 Å². The van der Waals surface area contributed by atoms with E-state index in [1.54, 1.807) is 6.26 Å². The van der Waals surface area contributed by atoms with Crippen molar-refractivity contribution in [2.45, 2.75) is 32.0 Å². The van der Waals surface area contributed by atoms with E-state index < -0.39 is 0 Å². The van der Waals surface area contributed by atoms with Crippen LogP contribution in [0.5, 0.6) is 5.75 Å². The number of halogens is 1. The largest absolute Gasteiger partial charge is 0.486 e. The summed E-state index contributed by atoms with van der Waals surface area (Å²) < 4.78 is 12.2. The second-order valence-electron chi connectivity index (χ2n) is 4.82. The Morgan fingerprint density at radius 3 is 3.00 bits per heavy atom. The van der Waals surface area contributed by atoms with Crippen LogP contribution in [0.3, 0.4) is 0 Å². The Hall–Kier alpha value is -1.26. The van der Waals surface area contributed by atoms with Crippen LogP contribution in [0.1, 0.15) is 24.2 Å². The van der Waals surface area contributed by atoms with E-state index in [0.717, 1.165) is 28.6 Å². The number of rotatable bonds is 6. The van der Waals surface area contributed by atoms with Crippen LogP contribution < -0.4 is 10.1 Å². The lowest BCUT2D eigenvalue weighted by molar-refractivity contribution is 0.270. The minimum absolute atomic E-state index is 0.458. The Balaban J connectivity index is 1.51. The molecule has 0 bridgehead atoms. The lowest BCUT2D eigenvalue weighted by Crippen LogP contribution is -2.14. The van der Waals surface area contributed by atoms with Gasteiger partial charge < -0.3 is 14.5 Å². The highest BCUT2D eigenvalue weighted by Gasteiger charge is 2.20. The first kappa shape index (κ1) is 12.8. The number of furan rings is 1. The SMILES string of the molecule is Brc1cccc(OCc2cc(CNC3CC3)co2)c1. The molecule has 1 saturated carbocycles. The molecule has 19 heavy (non-hydrogen) atoms. The molecule has 1 N–H and O–H groups in total. The van der Waals surface area contributed by atoms with Gasteiger partial charge in [0.05, 0.1) is 6.26 Å². The van der Waals surface area contributed by atoms with Crippen LogP contribution in [0.2, 0.25) is 0 Å². The fraction of sp³-hybridized carbons (Fsp3) is 0.333. The molecule has 0 amide bonds. The van der Waals surface area contributed by atoms with Crippen LogP contribution in [-0.4, -0.2) is 6.04 Å². The van der Waals surface area contributed by atoms with Gasteiger partial charge >= 0.3 is 0 Å². The van der Waals surface area contributed by atoms with Crippen molar-refractivity contribution in [2.24, 2.45) is 0 Å². The molecule has 1 aromatic heterocycles. The predicted octanol–water partition coefficient (Wildman–Crippen LogP) is 3.87. The monoisotopic (exact) mass is 321 g/mol. The van der Waals surface area contributed by atoms with Crippen LogP contribution >= 0.6 is 15.9 Å². The zero-order valence-corrected chi connectivity index (χ0v) is 12.2. The number of hydrogen-bond donors (Lipinski definition) is 1. The van der Waals surface area contributed by atoms with E-state index in [4.69, 9.17) is 9.15 Å². The summed E-state index contributed by atoms with van der Waals surface area (Å²) in [6, 6.07) is 10.6. The number of benzene rings is 1. The van der Waals surface area contributed by atoms with Gasteiger partial charge in [0.15, 0.2) is 0 Å². The van der Waals surface area contributed by atoms with Gasteiger partial charge in [0.25, 0.3) is 0 Å². The standard InChI is InChI=1S/C15H16BrNO2/c16-12-2-1-3-14(7-12)19-10-15-6-11(9-18-15)8-17-13-4-5-13/h1-3,6-7,9,13,17H,4-5,8,10H2. The first-order valence-electron chi connectivity index (χ1n) is 6.47. The average molecular weight is 322 g/mol. The van der Waals surface area contributed by atoms with Gasteiger partial charge in [0.2, 0.25) is 0 Å². The zero-order chi connectivity index (χ0) is 13.1. The van der Waals surface area contributed by atoms with Gasteiger partial charge in [0.1, 0.15) is 18.1 Å². The van der Waals surface area contributed by atoms with E-state index in [9.17, 15) is 0 Å². The van der Waals surface area contributed by atoms with Crippen molar-refractivity contribution in [3.8, 4) is 5.75 Å². The lowest BCUT2D eigenvalue weighted by atomic mass is 10.3.